The lowest BCUT2D eigenvalue weighted by Crippen LogP contribution is -2.30. The highest BCUT2D eigenvalue weighted by molar-refractivity contribution is 6.03. The lowest BCUT2D eigenvalue weighted by atomic mass is 9.71. The van der Waals surface area contributed by atoms with Crippen molar-refractivity contribution in [2.45, 2.75) is 72.1 Å². The zero-order valence-electron chi connectivity index (χ0n) is 21.3. The van der Waals surface area contributed by atoms with Gasteiger partial charge in [-0.2, -0.15) is 5.21 Å². The van der Waals surface area contributed by atoms with Crippen molar-refractivity contribution >= 4 is 23.5 Å². The van der Waals surface area contributed by atoms with Crippen molar-refractivity contribution in [1.82, 2.24) is 20.6 Å². The Hall–Kier alpha value is -3.28. The number of aromatic nitrogens is 4. The van der Waals surface area contributed by atoms with Crippen LogP contribution in [0.5, 0.6) is 0 Å². The minimum absolute atomic E-state index is 0.131. The van der Waals surface area contributed by atoms with Crippen molar-refractivity contribution in [1.29, 1.82) is 0 Å². The highest BCUT2D eigenvalue weighted by Crippen LogP contribution is 2.54. The molecule has 34 heavy (non-hydrogen) atoms. The maximum atomic E-state index is 12.4. The van der Waals surface area contributed by atoms with Crippen LogP contribution in [0, 0.1) is 5.92 Å². The van der Waals surface area contributed by atoms with Gasteiger partial charge in [-0.15, -0.1) is 5.10 Å². The molecule has 1 heterocycles. The van der Waals surface area contributed by atoms with E-state index in [2.05, 4.69) is 92.6 Å². The molecule has 0 saturated carbocycles. The first-order valence-electron chi connectivity index (χ1n) is 12.1. The maximum Gasteiger partial charge on any atom is 0.270 e. The number of amides is 1. The fraction of sp³-hybridized carbons (Fsp3) is 0.429. The lowest BCUT2D eigenvalue weighted by Gasteiger charge is -2.32. The molecule has 1 aliphatic carbocycles. The van der Waals surface area contributed by atoms with E-state index in [9.17, 15) is 4.79 Å². The first-order valence-corrected chi connectivity index (χ1v) is 12.1. The highest BCUT2D eigenvalue weighted by Gasteiger charge is 2.48. The second-order valence-electron chi connectivity index (χ2n) is 10.6. The van der Waals surface area contributed by atoms with Gasteiger partial charge in [0.05, 0.1) is 0 Å². The smallest absolute Gasteiger partial charge is 0.270 e. The van der Waals surface area contributed by atoms with E-state index in [4.69, 9.17) is 0 Å². The van der Waals surface area contributed by atoms with Gasteiger partial charge < -0.3 is 0 Å². The Morgan fingerprint density at radius 2 is 1.74 bits per heavy atom. The Balaban J connectivity index is 1.66. The number of nitrogens with zero attached hydrogens (tertiary/aromatic N) is 3. The van der Waals surface area contributed by atoms with Gasteiger partial charge in [0.2, 0.25) is 0 Å². The van der Waals surface area contributed by atoms with Gasteiger partial charge in [-0.25, -0.2) is 0 Å². The third kappa shape index (κ3) is 4.17. The zero-order valence-corrected chi connectivity index (χ0v) is 21.3. The SMILES string of the molecule is CCCc1cc2c(cc1/C(C)=C/c1ccc(C(=O)Nc3nn[nH]n3)cc1)C(C)(C)C(C)C2(C)C. The van der Waals surface area contributed by atoms with Gasteiger partial charge >= 0.3 is 0 Å². The molecule has 4 rings (SSSR count). The summed E-state index contributed by atoms with van der Waals surface area (Å²) in [7, 11) is 0. The molecule has 0 radical (unpaired) electrons. The van der Waals surface area contributed by atoms with Crippen LogP contribution in [0.25, 0.3) is 11.6 Å². The van der Waals surface area contributed by atoms with Crippen molar-refractivity contribution in [2.75, 3.05) is 5.32 Å². The van der Waals surface area contributed by atoms with Crippen LogP contribution in [0.1, 0.15) is 93.1 Å². The molecule has 2 aromatic carbocycles. The summed E-state index contributed by atoms with van der Waals surface area (Å²) < 4.78 is 0. The summed E-state index contributed by atoms with van der Waals surface area (Å²) in [6, 6.07) is 12.5. The summed E-state index contributed by atoms with van der Waals surface area (Å²) in [4.78, 5) is 12.4. The quantitative estimate of drug-likeness (QED) is 0.434. The van der Waals surface area contributed by atoms with Crippen molar-refractivity contribution in [2.24, 2.45) is 5.92 Å². The van der Waals surface area contributed by atoms with Crippen LogP contribution in [-0.4, -0.2) is 26.5 Å². The summed E-state index contributed by atoms with van der Waals surface area (Å²) >= 11 is 0. The normalized spacial score (nSPS) is 18.6. The predicted octanol–water partition coefficient (Wildman–Crippen LogP) is 6.17. The third-order valence-electron chi connectivity index (χ3n) is 7.87. The van der Waals surface area contributed by atoms with E-state index in [0.29, 0.717) is 11.5 Å². The van der Waals surface area contributed by atoms with Crippen LogP contribution in [0.4, 0.5) is 5.95 Å². The summed E-state index contributed by atoms with van der Waals surface area (Å²) in [5, 5.41) is 15.9. The van der Waals surface area contributed by atoms with E-state index in [0.717, 1.165) is 18.4 Å². The van der Waals surface area contributed by atoms with Crippen LogP contribution in [-0.2, 0) is 17.3 Å². The van der Waals surface area contributed by atoms with Crippen molar-refractivity contribution in [3.63, 3.8) is 0 Å². The van der Waals surface area contributed by atoms with E-state index in [1.165, 1.54) is 27.8 Å². The molecule has 178 valence electrons. The van der Waals surface area contributed by atoms with Crippen LogP contribution in [0.3, 0.4) is 0 Å². The van der Waals surface area contributed by atoms with Gasteiger partial charge in [-0.3, -0.25) is 10.1 Å². The number of hydrogen-bond acceptors (Lipinski definition) is 4. The van der Waals surface area contributed by atoms with Gasteiger partial charge in [-0.05, 0) is 80.8 Å². The Bertz CT molecular complexity index is 1220. The van der Waals surface area contributed by atoms with Gasteiger partial charge in [0, 0.05) is 5.56 Å². The number of tetrazole rings is 1. The van der Waals surface area contributed by atoms with E-state index < -0.39 is 0 Å². The van der Waals surface area contributed by atoms with E-state index in [1.54, 1.807) is 0 Å². The van der Waals surface area contributed by atoms with Gasteiger partial charge in [0.15, 0.2) is 0 Å². The Kier molecular flexibility index (Phi) is 6.19. The zero-order chi connectivity index (χ0) is 24.7. The molecule has 1 amide bonds. The highest BCUT2D eigenvalue weighted by atomic mass is 16.1. The van der Waals surface area contributed by atoms with Crippen molar-refractivity contribution in [3.8, 4) is 0 Å². The second kappa shape index (κ2) is 8.82. The van der Waals surface area contributed by atoms with Crippen LogP contribution >= 0.6 is 0 Å². The number of hydrogen-bond donors (Lipinski definition) is 2. The average molecular weight is 458 g/mol. The van der Waals surface area contributed by atoms with Crippen molar-refractivity contribution < 1.29 is 4.79 Å². The number of carbonyl (C=O) groups excluding carboxylic acids is 1. The summed E-state index contributed by atoms with van der Waals surface area (Å²) in [6.07, 6.45) is 4.38. The number of nitrogens with one attached hydrogen (secondary N) is 2. The summed E-state index contributed by atoms with van der Waals surface area (Å²) in [5.41, 5.74) is 8.86. The number of fused-ring (bicyclic) bond motifs is 1. The number of benzene rings is 2. The average Bonchev–Trinajstić information content (AvgIpc) is 3.35. The fourth-order valence-corrected chi connectivity index (χ4v) is 5.37. The van der Waals surface area contributed by atoms with Crippen LogP contribution in [0.2, 0.25) is 0 Å². The molecule has 1 aromatic heterocycles. The number of aryl methyl sites for hydroxylation is 1. The molecule has 1 atom stereocenters. The molecular formula is C28H35N5O. The van der Waals surface area contributed by atoms with Gasteiger partial charge in [0.25, 0.3) is 11.9 Å². The molecule has 2 N–H and O–H groups in total. The Labute approximate surface area is 202 Å². The van der Waals surface area contributed by atoms with E-state index in [1.807, 2.05) is 24.3 Å². The van der Waals surface area contributed by atoms with Gasteiger partial charge in [-0.1, -0.05) is 83.4 Å². The van der Waals surface area contributed by atoms with E-state index in [-0.39, 0.29) is 22.7 Å². The van der Waals surface area contributed by atoms with E-state index >= 15 is 0 Å². The molecule has 6 heteroatoms. The molecule has 0 bridgehead atoms. The minimum atomic E-state index is -0.267. The second-order valence-corrected chi connectivity index (χ2v) is 10.6. The first kappa shape index (κ1) is 23.9. The molecule has 1 unspecified atom stereocenters. The van der Waals surface area contributed by atoms with Crippen LogP contribution in [0.15, 0.2) is 36.4 Å². The minimum Gasteiger partial charge on any atom is -0.288 e. The molecule has 0 saturated heterocycles. The van der Waals surface area contributed by atoms with Crippen LogP contribution < -0.4 is 5.32 Å². The topological polar surface area (TPSA) is 83.6 Å². The molecular weight excluding hydrogens is 422 g/mol. The summed E-state index contributed by atoms with van der Waals surface area (Å²) in [5.74, 6) is 0.455. The third-order valence-corrected chi connectivity index (χ3v) is 7.87. The molecule has 1 aliphatic rings. The fourth-order valence-electron chi connectivity index (χ4n) is 5.37. The Morgan fingerprint density at radius 1 is 1.09 bits per heavy atom. The molecule has 6 nitrogen and oxygen atoms in total. The largest absolute Gasteiger partial charge is 0.288 e. The monoisotopic (exact) mass is 457 g/mol. The molecule has 0 fully saturated rings. The molecule has 3 aromatic rings. The number of anilines is 1. The van der Waals surface area contributed by atoms with Gasteiger partial charge in [0.1, 0.15) is 0 Å². The van der Waals surface area contributed by atoms with Crippen molar-refractivity contribution in [3.05, 3.63) is 69.8 Å². The molecule has 0 aliphatic heterocycles. The number of aromatic amines is 1. The first-order chi connectivity index (χ1) is 16.1. The maximum absolute atomic E-state index is 12.4. The predicted molar refractivity (Wildman–Crippen MR) is 138 cm³/mol. The molecule has 0 spiro atoms. The Morgan fingerprint density at radius 3 is 2.32 bits per heavy atom. The number of H-pyrrole nitrogens is 1. The summed E-state index contributed by atoms with van der Waals surface area (Å²) in [6.45, 7) is 16.4. The lowest BCUT2D eigenvalue weighted by molar-refractivity contribution is 0.102. The number of carbonyl (C=O) groups is 1. The standard InChI is InChI=1S/C28H35N5O/c1-8-9-21-15-23-24(28(6,7)18(3)27(23,4)5)16-22(21)17(2)14-19-10-12-20(13-11-19)25(34)29-26-30-32-33-31-26/h10-16,18H,8-9H2,1-7H3,(H2,29,30,31,32,33,34)/b17-14+. The number of allylic oxidation sites excluding steroid dienone is 1. The number of rotatable bonds is 6.